The number of carbonyl (C=O) groups is 13. The van der Waals surface area contributed by atoms with Gasteiger partial charge in [-0.05, 0) is 228 Å². The van der Waals surface area contributed by atoms with Crippen LogP contribution in [0.25, 0.3) is 0 Å². The van der Waals surface area contributed by atoms with Crippen molar-refractivity contribution in [2.75, 3.05) is 33.0 Å². The van der Waals surface area contributed by atoms with E-state index in [-0.39, 0.29) is 61.9 Å². The van der Waals surface area contributed by atoms with Gasteiger partial charge in [-0.15, -0.1) is 0 Å². The Balaban J connectivity index is 0.000000857. The number of hydrogen-bond acceptors (Lipinski definition) is 31. The van der Waals surface area contributed by atoms with Crippen molar-refractivity contribution in [2.45, 2.75) is 424 Å². The zero-order valence-electron chi connectivity index (χ0n) is 87.2. The highest BCUT2D eigenvalue weighted by Crippen LogP contribution is 2.64. The number of halogens is 15. The van der Waals surface area contributed by atoms with Crippen LogP contribution in [0.1, 0.15) is 317 Å². The summed E-state index contributed by atoms with van der Waals surface area (Å²) in [5, 5.41) is 46.9. The summed E-state index contributed by atoms with van der Waals surface area (Å²) in [4.78, 5) is 155. The van der Waals surface area contributed by atoms with Gasteiger partial charge in [0.15, 0.2) is 28.5 Å². The lowest BCUT2D eigenvalue weighted by Crippen LogP contribution is -2.69. The Morgan fingerprint density at radius 1 is 0.401 bits per heavy atom. The fraction of sp³-hybridized carbons (Fsp3) is 0.865. The van der Waals surface area contributed by atoms with Crippen LogP contribution >= 0.6 is 0 Å². The van der Waals surface area contributed by atoms with Gasteiger partial charge in [0.1, 0.15) is 74.3 Å². The van der Waals surface area contributed by atoms with E-state index in [1.54, 1.807) is 76.2 Å². The first kappa shape index (κ1) is 132. The van der Waals surface area contributed by atoms with Crippen LogP contribution in [-0.4, -0.2) is 242 Å². The van der Waals surface area contributed by atoms with Crippen molar-refractivity contribution >= 4 is 77.6 Å². The SMILES string of the molecule is CCC(C)(C)C(=O)OC(C)CC(C)(O)C(F)(F)F.CCC(C)(C)C(=O)OC(CC(C)C)CC(C)(O)C(F)(F)F.CCC(C)(C)C(=O)OC12CC3CC(OC(C)=O)(CC(OC(C)=O)(C3)C1)C2.CCC(C)(C)C(=O)OC1C2CC3C1OC(=O)C3C2C(=O)OC(C)C(F)(F)F.CCC(C)(C)C(=O)OCC(C)(COC(=O)C(C)(C)O)COC(=O)C(C)(C)O.CCC(C)(C)C(=O)OCCOC(=O)C(O)(C(F)(F)F)C(F)(F)F. The molecule has 31 nitrogen and oxygen atoms in total. The van der Waals surface area contributed by atoms with Crippen LogP contribution in [0.5, 0.6) is 0 Å². The third-order valence-electron chi connectivity index (χ3n) is 26.5. The lowest BCUT2D eigenvalue weighted by Gasteiger charge is -2.63. The lowest BCUT2D eigenvalue weighted by molar-refractivity contribution is -0.357. The molecular weight excluding hydrogens is 1930 g/mol. The highest BCUT2D eigenvalue weighted by atomic mass is 19.4. The minimum atomic E-state index is -6.32. The third-order valence-corrected chi connectivity index (χ3v) is 26.5. The first-order valence-corrected chi connectivity index (χ1v) is 46.9. The van der Waals surface area contributed by atoms with Gasteiger partial charge in [0.2, 0.25) is 0 Å². The van der Waals surface area contributed by atoms with Crippen molar-refractivity contribution in [1.29, 1.82) is 0 Å². The Labute approximate surface area is 819 Å². The molecule has 826 valence electrons. The second-order valence-corrected chi connectivity index (χ2v) is 44.0. The maximum Gasteiger partial charge on any atom is 0.437 e. The molecule has 1 heterocycles. The first-order chi connectivity index (χ1) is 63.4. The zero-order valence-corrected chi connectivity index (χ0v) is 87.2. The van der Waals surface area contributed by atoms with E-state index in [9.17, 15) is 149 Å². The van der Waals surface area contributed by atoms with Crippen LogP contribution in [0.2, 0.25) is 0 Å². The van der Waals surface area contributed by atoms with Gasteiger partial charge in [0.05, 0.1) is 49.7 Å². The van der Waals surface area contributed by atoms with Crippen molar-refractivity contribution in [2.24, 2.45) is 73.4 Å². The molecule has 0 spiro atoms. The van der Waals surface area contributed by atoms with Gasteiger partial charge in [-0.25, -0.2) is 14.4 Å². The Kier molecular flexibility index (Phi) is 45.2. The maximum absolute atomic E-state index is 12.8. The molecule has 7 fully saturated rings. The molecule has 6 bridgehead atoms. The standard InChI is InChI=1S/C20H30O6.C19H34O8.C18H23F3O6.C15H27F3O3.C12H16F6O5.C12H21F3O3/c1-6-17(4,5)16(23)26-20-9-15-7-18(11-20,24-13(2)21)10-19(8-15,12-20)25-14(3)22;1-9-16(2,3)13(20)25-10-19(8,11-26-14(21)17(4,5)23)12-27-15(22)18(6,7)24;1-5-17(3,4)16(24)27-13-9-6-8-11(15(23)26-12(8)13)10(9)14(22)25-7(2)18(19,20)21;1-7-13(4,5)12(19)21-11(8-10(2)3)9-14(6,20)15(16,17)18;1-4-9(2,3)7(19)22-5-6-23-8(20)10(21,11(13,14)15)12(16,17)18;1-6-10(3,4)9(16)18-8(2)7-11(5,17)12(13,14)15/h15H,6-12H2,1-5H3;23-24H,9-12H2,1-8H3;7-13H,5-6H2,1-4H3;10-11,20H,7-9H2,1-6H3;21H,4-6H2,1-3H3;8,17H,6-7H2,1-5H3. The molecule has 46 heteroatoms. The summed E-state index contributed by atoms with van der Waals surface area (Å²) in [7, 11) is 0. The molecule has 0 amide bonds. The van der Waals surface area contributed by atoms with Crippen LogP contribution in [0, 0.1) is 73.4 Å². The van der Waals surface area contributed by atoms with Gasteiger partial charge in [-0.3, -0.25) is 47.9 Å². The maximum atomic E-state index is 12.8. The normalized spacial score (nSPS) is 23.3. The number of carbonyl (C=O) groups excluding carboxylic acids is 13. The summed E-state index contributed by atoms with van der Waals surface area (Å²) in [6.07, 6.45) is -26.3. The average Bonchev–Trinajstić information content (AvgIpc) is 1.41. The number of fused-ring (bicyclic) bond motifs is 1. The number of aliphatic hydroxyl groups is 5. The molecule has 0 aromatic rings. The predicted molar refractivity (Wildman–Crippen MR) is 473 cm³/mol. The first-order valence-electron chi connectivity index (χ1n) is 46.9. The molecule has 0 aromatic carbocycles. The number of esters is 13. The lowest BCUT2D eigenvalue weighted by atomic mass is 9.50. The highest BCUT2D eigenvalue weighted by Gasteiger charge is 2.77. The topological polar surface area (TPSA) is 443 Å². The van der Waals surface area contributed by atoms with Gasteiger partial charge in [0, 0.05) is 57.8 Å². The minimum absolute atomic E-state index is 0.0524. The summed E-state index contributed by atoms with van der Waals surface area (Å²) in [6.45, 7) is 45.4. The number of alkyl halides is 15. The Bertz CT molecular complexity index is 4200. The molecule has 5 N–H and O–H groups in total. The van der Waals surface area contributed by atoms with E-state index in [2.05, 4.69) is 14.2 Å². The largest absolute Gasteiger partial charge is 0.464 e. The fourth-order valence-electron chi connectivity index (χ4n) is 15.4. The number of rotatable bonds is 38. The van der Waals surface area contributed by atoms with Crippen LogP contribution in [0.4, 0.5) is 65.9 Å². The second-order valence-electron chi connectivity index (χ2n) is 44.0. The molecule has 6 aliphatic carbocycles. The molecule has 7 rings (SSSR count). The molecule has 7 aliphatic rings. The van der Waals surface area contributed by atoms with Crippen molar-refractivity contribution < 1.29 is 215 Å². The van der Waals surface area contributed by atoms with E-state index in [4.69, 9.17) is 52.5 Å². The molecule has 0 radical (unpaired) electrons. The quantitative estimate of drug-likeness (QED) is 0.0166. The Hall–Kier alpha value is -8.14. The summed E-state index contributed by atoms with van der Waals surface area (Å²) < 4.78 is 255. The summed E-state index contributed by atoms with van der Waals surface area (Å²) in [5.74, 6) is -12.7. The van der Waals surface area contributed by atoms with E-state index in [1.807, 2.05) is 55.4 Å². The van der Waals surface area contributed by atoms with Crippen LogP contribution < -0.4 is 0 Å². The van der Waals surface area contributed by atoms with Gasteiger partial charge in [0.25, 0.3) is 0 Å². The van der Waals surface area contributed by atoms with E-state index in [0.29, 0.717) is 78.1 Å². The van der Waals surface area contributed by atoms with Gasteiger partial charge in [-0.1, -0.05) is 55.4 Å². The highest BCUT2D eigenvalue weighted by molar-refractivity contribution is 5.87. The number of hydrogen-bond donors (Lipinski definition) is 5. The van der Waals surface area contributed by atoms with E-state index >= 15 is 0 Å². The molecule has 0 aromatic heterocycles. The summed E-state index contributed by atoms with van der Waals surface area (Å²) in [6, 6.07) is 0. The van der Waals surface area contributed by atoms with E-state index in [0.717, 1.165) is 26.2 Å². The third kappa shape index (κ3) is 36.5. The van der Waals surface area contributed by atoms with E-state index in [1.165, 1.54) is 62.3 Å². The van der Waals surface area contributed by atoms with Crippen LogP contribution in [0.3, 0.4) is 0 Å². The molecule has 1 aliphatic heterocycles. The number of ether oxygens (including phenoxy) is 13. The van der Waals surface area contributed by atoms with Crippen LogP contribution in [0.15, 0.2) is 0 Å². The van der Waals surface area contributed by atoms with Crippen molar-refractivity contribution in [3.8, 4) is 0 Å². The van der Waals surface area contributed by atoms with Gasteiger partial charge in [-0.2, -0.15) is 65.9 Å². The molecule has 6 saturated carbocycles. The Morgan fingerprint density at radius 2 is 0.732 bits per heavy atom. The van der Waals surface area contributed by atoms with Crippen molar-refractivity contribution in [3.63, 3.8) is 0 Å². The summed E-state index contributed by atoms with van der Waals surface area (Å²) in [5.41, 5.74) is -22.4. The van der Waals surface area contributed by atoms with Gasteiger partial charge < -0.3 is 87.1 Å². The smallest absolute Gasteiger partial charge is 0.437 e. The molecule has 1 saturated heterocycles. The second kappa shape index (κ2) is 48.7. The van der Waals surface area contributed by atoms with Crippen LogP contribution in [-0.2, 0) is 124 Å². The van der Waals surface area contributed by atoms with Crippen molar-refractivity contribution in [1.82, 2.24) is 0 Å². The molecule has 13 atom stereocenters. The molecular formula is C96H151F15O31. The molecule has 13 unspecified atom stereocenters. The molecule has 142 heavy (non-hydrogen) atoms. The van der Waals surface area contributed by atoms with E-state index < -0.39 is 248 Å². The predicted octanol–water partition coefficient (Wildman–Crippen LogP) is 17.0. The minimum Gasteiger partial charge on any atom is -0.464 e. The van der Waals surface area contributed by atoms with Crippen molar-refractivity contribution in [3.05, 3.63) is 0 Å². The average molecular weight is 2090 g/mol. The fourth-order valence-corrected chi connectivity index (χ4v) is 15.4. The Morgan fingerprint density at radius 3 is 1.08 bits per heavy atom. The van der Waals surface area contributed by atoms with Gasteiger partial charge >= 0.3 is 114 Å². The zero-order chi connectivity index (χ0) is 112. The monoisotopic (exact) mass is 2080 g/mol. The summed E-state index contributed by atoms with van der Waals surface area (Å²) >= 11 is 0.